The highest BCUT2D eigenvalue weighted by molar-refractivity contribution is 6.12. The summed E-state index contributed by atoms with van der Waals surface area (Å²) in [5.74, 6) is -1.83. The molecule has 2 N–H and O–H groups in total. The SMILES string of the molecule is COc1ccc(C(=O)c2cccc(F)c2N)c(F)c1. The first-order chi connectivity index (χ1) is 9.04. The number of methoxy groups -OCH3 is 1. The molecule has 0 saturated carbocycles. The predicted molar refractivity (Wildman–Crippen MR) is 67.2 cm³/mol. The second kappa shape index (κ2) is 5.06. The van der Waals surface area contributed by atoms with Crippen LogP contribution >= 0.6 is 0 Å². The van der Waals surface area contributed by atoms with Crippen LogP contribution in [0.5, 0.6) is 5.75 Å². The summed E-state index contributed by atoms with van der Waals surface area (Å²) in [7, 11) is 1.39. The maximum Gasteiger partial charge on any atom is 0.198 e. The van der Waals surface area contributed by atoms with E-state index in [1.807, 2.05) is 0 Å². The molecule has 0 saturated heterocycles. The number of ether oxygens (including phenoxy) is 1. The monoisotopic (exact) mass is 263 g/mol. The van der Waals surface area contributed by atoms with Gasteiger partial charge in [0, 0.05) is 11.6 Å². The third-order valence-corrected chi connectivity index (χ3v) is 2.72. The highest BCUT2D eigenvalue weighted by Crippen LogP contribution is 2.23. The van der Waals surface area contributed by atoms with Gasteiger partial charge in [0.25, 0.3) is 0 Å². The second-order valence-corrected chi connectivity index (χ2v) is 3.88. The lowest BCUT2D eigenvalue weighted by atomic mass is 10.0. The Kier molecular flexibility index (Phi) is 3.46. The van der Waals surface area contributed by atoms with Crippen molar-refractivity contribution in [1.29, 1.82) is 0 Å². The zero-order valence-corrected chi connectivity index (χ0v) is 10.1. The van der Waals surface area contributed by atoms with Crippen LogP contribution in [0.2, 0.25) is 0 Å². The first kappa shape index (κ1) is 13.0. The molecule has 0 spiro atoms. The molecule has 2 aromatic rings. The van der Waals surface area contributed by atoms with E-state index in [1.54, 1.807) is 0 Å². The zero-order chi connectivity index (χ0) is 14.0. The van der Waals surface area contributed by atoms with E-state index in [2.05, 4.69) is 0 Å². The Morgan fingerprint density at radius 2 is 1.84 bits per heavy atom. The molecule has 0 atom stereocenters. The lowest BCUT2D eigenvalue weighted by Crippen LogP contribution is -2.09. The first-order valence-corrected chi connectivity index (χ1v) is 5.47. The van der Waals surface area contributed by atoms with Crippen LogP contribution in [0.3, 0.4) is 0 Å². The van der Waals surface area contributed by atoms with Gasteiger partial charge in [0.15, 0.2) is 5.78 Å². The predicted octanol–water partition coefficient (Wildman–Crippen LogP) is 2.79. The third-order valence-electron chi connectivity index (χ3n) is 2.72. The Balaban J connectivity index is 2.47. The number of benzene rings is 2. The quantitative estimate of drug-likeness (QED) is 0.684. The Hall–Kier alpha value is -2.43. The zero-order valence-electron chi connectivity index (χ0n) is 10.1. The number of hydrogen-bond acceptors (Lipinski definition) is 3. The van der Waals surface area contributed by atoms with Crippen LogP contribution in [0.25, 0.3) is 0 Å². The van der Waals surface area contributed by atoms with Gasteiger partial charge in [0.2, 0.25) is 0 Å². The van der Waals surface area contributed by atoms with Crippen molar-refractivity contribution in [1.82, 2.24) is 0 Å². The van der Waals surface area contributed by atoms with Gasteiger partial charge in [-0.2, -0.15) is 0 Å². The summed E-state index contributed by atoms with van der Waals surface area (Å²) in [5, 5.41) is 0. The number of carbonyl (C=O) groups is 1. The van der Waals surface area contributed by atoms with E-state index < -0.39 is 17.4 Å². The van der Waals surface area contributed by atoms with Gasteiger partial charge in [-0.3, -0.25) is 4.79 Å². The molecule has 3 nitrogen and oxygen atoms in total. The van der Waals surface area contributed by atoms with Crippen LogP contribution in [0.1, 0.15) is 15.9 Å². The van der Waals surface area contributed by atoms with E-state index in [0.29, 0.717) is 5.75 Å². The van der Waals surface area contributed by atoms with Gasteiger partial charge in [0.1, 0.15) is 17.4 Å². The number of nitrogen functional groups attached to an aromatic ring is 1. The van der Waals surface area contributed by atoms with Crippen LogP contribution in [-0.2, 0) is 0 Å². The highest BCUT2D eigenvalue weighted by atomic mass is 19.1. The fraction of sp³-hybridized carbons (Fsp3) is 0.0714. The van der Waals surface area contributed by atoms with Crippen molar-refractivity contribution in [3.63, 3.8) is 0 Å². The van der Waals surface area contributed by atoms with Gasteiger partial charge >= 0.3 is 0 Å². The number of rotatable bonds is 3. The molecule has 0 aliphatic heterocycles. The number of hydrogen-bond donors (Lipinski definition) is 1. The van der Waals surface area contributed by atoms with Gasteiger partial charge in [-0.05, 0) is 24.3 Å². The molecular weight excluding hydrogens is 252 g/mol. The lowest BCUT2D eigenvalue weighted by Gasteiger charge is -2.07. The van der Waals surface area contributed by atoms with E-state index in [-0.39, 0.29) is 16.8 Å². The van der Waals surface area contributed by atoms with Crippen LogP contribution < -0.4 is 10.5 Å². The second-order valence-electron chi connectivity index (χ2n) is 3.88. The average molecular weight is 263 g/mol. The molecule has 0 radical (unpaired) electrons. The molecule has 2 aromatic carbocycles. The standard InChI is InChI=1S/C14H11F2NO2/c1-19-8-5-6-9(12(16)7-8)14(18)10-3-2-4-11(15)13(10)17/h2-7H,17H2,1H3. The largest absolute Gasteiger partial charge is 0.497 e. The van der Waals surface area contributed by atoms with E-state index in [1.165, 1.54) is 31.4 Å². The molecule has 0 aliphatic carbocycles. The molecule has 0 fully saturated rings. The Morgan fingerprint density at radius 1 is 1.11 bits per heavy atom. The third kappa shape index (κ3) is 2.40. The molecule has 0 aromatic heterocycles. The molecule has 0 aliphatic rings. The van der Waals surface area contributed by atoms with Gasteiger partial charge in [-0.15, -0.1) is 0 Å². The summed E-state index contributed by atoms with van der Waals surface area (Å²) in [6.07, 6.45) is 0. The molecule has 0 heterocycles. The number of para-hydroxylation sites is 1. The maximum atomic E-state index is 13.8. The smallest absolute Gasteiger partial charge is 0.198 e. The number of ketones is 1. The molecule has 2 rings (SSSR count). The number of nitrogens with two attached hydrogens (primary N) is 1. The Labute approximate surface area is 108 Å². The summed E-state index contributed by atoms with van der Waals surface area (Å²) in [6.45, 7) is 0. The first-order valence-electron chi connectivity index (χ1n) is 5.47. The average Bonchev–Trinajstić information content (AvgIpc) is 2.41. The van der Waals surface area contributed by atoms with Gasteiger partial charge in [0.05, 0.1) is 18.4 Å². The maximum absolute atomic E-state index is 13.8. The van der Waals surface area contributed by atoms with E-state index >= 15 is 0 Å². The van der Waals surface area contributed by atoms with E-state index in [9.17, 15) is 13.6 Å². The summed E-state index contributed by atoms with van der Waals surface area (Å²) in [4.78, 5) is 12.1. The summed E-state index contributed by atoms with van der Waals surface area (Å²) in [5.41, 5.74) is 4.95. The van der Waals surface area contributed by atoms with Crippen molar-refractivity contribution >= 4 is 11.5 Å². The lowest BCUT2D eigenvalue weighted by molar-refractivity contribution is 0.103. The van der Waals surface area contributed by atoms with Crippen LogP contribution in [0, 0.1) is 11.6 Å². The molecule has 0 bridgehead atoms. The summed E-state index contributed by atoms with van der Waals surface area (Å²) in [6, 6.07) is 7.65. The number of halogens is 2. The van der Waals surface area contributed by atoms with Gasteiger partial charge in [-0.1, -0.05) is 6.07 Å². The molecule has 98 valence electrons. The Bertz CT molecular complexity index is 641. The summed E-state index contributed by atoms with van der Waals surface area (Å²) < 4.78 is 31.9. The van der Waals surface area contributed by atoms with Crippen molar-refractivity contribution in [3.05, 3.63) is 59.2 Å². The minimum atomic E-state index is -0.743. The Morgan fingerprint density at radius 3 is 2.47 bits per heavy atom. The van der Waals surface area contributed by atoms with Gasteiger partial charge in [-0.25, -0.2) is 8.78 Å². The van der Waals surface area contributed by atoms with Crippen molar-refractivity contribution in [2.75, 3.05) is 12.8 Å². The highest BCUT2D eigenvalue weighted by Gasteiger charge is 2.18. The fourth-order valence-corrected chi connectivity index (χ4v) is 1.69. The van der Waals surface area contributed by atoms with Crippen LogP contribution in [0.15, 0.2) is 36.4 Å². The molecule has 19 heavy (non-hydrogen) atoms. The fourth-order valence-electron chi connectivity index (χ4n) is 1.69. The van der Waals surface area contributed by atoms with Crippen LogP contribution in [-0.4, -0.2) is 12.9 Å². The molecule has 0 amide bonds. The molecular formula is C14H11F2NO2. The van der Waals surface area contributed by atoms with Gasteiger partial charge < -0.3 is 10.5 Å². The molecule has 5 heteroatoms. The van der Waals surface area contributed by atoms with Crippen molar-refractivity contribution in [2.24, 2.45) is 0 Å². The molecule has 0 unspecified atom stereocenters. The number of anilines is 1. The minimum Gasteiger partial charge on any atom is -0.497 e. The van der Waals surface area contributed by atoms with Crippen molar-refractivity contribution < 1.29 is 18.3 Å². The minimum absolute atomic E-state index is 0.0657. The van der Waals surface area contributed by atoms with Crippen molar-refractivity contribution in [2.45, 2.75) is 0 Å². The van der Waals surface area contributed by atoms with E-state index in [0.717, 1.165) is 12.1 Å². The summed E-state index contributed by atoms with van der Waals surface area (Å²) >= 11 is 0. The number of carbonyl (C=O) groups excluding carboxylic acids is 1. The van der Waals surface area contributed by atoms with E-state index in [4.69, 9.17) is 10.5 Å². The van der Waals surface area contributed by atoms with Crippen LogP contribution in [0.4, 0.5) is 14.5 Å². The normalized spacial score (nSPS) is 10.3. The topological polar surface area (TPSA) is 52.3 Å². The van der Waals surface area contributed by atoms with Crippen molar-refractivity contribution in [3.8, 4) is 5.75 Å².